The average Bonchev–Trinajstić information content (AvgIpc) is 3.39. The molecule has 9 nitrogen and oxygen atoms in total. The lowest BCUT2D eigenvalue weighted by atomic mass is 10.2. The highest BCUT2D eigenvalue weighted by Gasteiger charge is 2.27. The highest BCUT2D eigenvalue weighted by atomic mass is 16.2. The van der Waals surface area contributed by atoms with Crippen LogP contribution in [0.5, 0.6) is 0 Å². The summed E-state index contributed by atoms with van der Waals surface area (Å²) in [6.07, 6.45) is 4.98. The van der Waals surface area contributed by atoms with Gasteiger partial charge in [0, 0.05) is 56.6 Å². The normalized spacial score (nSPS) is 18.6. The lowest BCUT2D eigenvalue weighted by molar-refractivity contribution is 0.0815. The number of carbonyl (C=O) groups excluding carboxylic acids is 1. The molecule has 2 N–H and O–H groups in total. The minimum absolute atomic E-state index is 0.181. The highest BCUT2D eigenvalue weighted by Crippen LogP contribution is 2.27. The molecule has 1 aliphatic carbocycles. The van der Waals surface area contributed by atoms with Gasteiger partial charge in [-0.1, -0.05) is 0 Å². The summed E-state index contributed by atoms with van der Waals surface area (Å²) in [5, 5.41) is 6.91. The second-order valence-electron chi connectivity index (χ2n) is 8.06. The maximum Gasteiger partial charge on any atom is 0.291 e. The van der Waals surface area contributed by atoms with Crippen LogP contribution in [0.2, 0.25) is 0 Å². The van der Waals surface area contributed by atoms with E-state index in [1.165, 1.54) is 17.7 Å². The van der Waals surface area contributed by atoms with Crippen molar-refractivity contribution in [3.05, 3.63) is 29.5 Å². The number of nitrogens with one attached hydrogen (secondary N) is 2. The van der Waals surface area contributed by atoms with E-state index in [1.54, 1.807) is 20.4 Å². The molecule has 3 heterocycles. The lowest BCUT2D eigenvalue weighted by Gasteiger charge is -2.22. The number of hydrogen-bond acceptors (Lipinski definition) is 8. The molecule has 29 heavy (non-hydrogen) atoms. The van der Waals surface area contributed by atoms with Gasteiger partial charge in [-0.3, -0.25) is 4.79 Å². The van der Waals surface area contributed by atoms with Crippen molar-refractivity contribution in [3.63, 3.8) is 0 Å². The molecular formula is C20H28N8O. The molecule has 0 radical (unpaired) electrons. The first-order chi connectivity index (χ1) is 13.9. The van der Waals surface area contributed by atoms with E-state index in [0.717, 1.165) is 48.2 Å². The standard InChI is InChI=1S/C20H28N8O/c1-12-13(2)23-18(20(29)27(3)4)26-19(12)28-8-7-15(10-28)25-17-9-16(21-11-22-17)24-14-5-6-14/h9,11,14-15H,5-8,10H2,1-4H3,(H2,21,22,24,25)/t15-/m1/s1. The maximum absolute atomic E-state index is 12.3. The molecule has 1 atom stereocenters. The van der Waals surface area contributed by atoms with Crippen molar-refractivity contribution >= 4 is 23.4 Å². The molecule has 1 aliphatic heterocycles. The number of amides is 1. The number of carbonyl (C=O) groups is 1. The maximum atomic E-state index is 12.3. The molecule has 4 rings (SSSR count). The minimum atomic E-state index is -0.181. The van der Waals surface area contributed by atoms with Crippen LogP contribution in [0, 0.1) is 13.8 Å². The molecule has 154 valence electrons. The van der Waals surface area contributed by atoms with Gasteiger partial charge in [0.1, 0.15) is 23.8 Å². The first-order valence-corrected chi connectivity index (χ1v) is 10.1. The molecule has 0 bridgehead atoms. The highest BCUT2D eigenvalue weighted by molar-refractivity contribution is 5.90. The fourth-order valence-electron chi connectivity index (χ4n) is 3.45. The molecule has 1 amide bonds. The predicted octanol–water partition coefficient (Wildman–Crippen LogP) is 1.85. The SMILES string of the molecule is Cc1nc(C(=O)N(C)C)nc(N2CC[C@@H](Nc3cc(NC4CC4)ncn3)C2)c1C. The van der Waals surface area contributed by atoms with Gasteiger partial charge < -0.3 is 20.4 Å². The first-order valence-electron chi connectivity index (χ1n) is 10.1. The Labute approximate surface area is 171 Å². The van der Waals surface area contributed by atoms with E-state index in [1.807, 2.05) is 19.9 Å². The van der Waals surface area contributed by atoms with Crippen molar-refractivity contribution in [3.8, 4) is 0 Å². The average molecular weight is 396 g/mol. The van der Waals surface area contributed by atoms with Gasteiger partial charge in [-0.15, -0.1) is 0 Å². The van der Waals surface area contributed by atoms with E-state index < -0.39 is 0 Å². The molecule has 0 unspecified atom stereocenters. The van der Waals surface area contributed by atoms with E-state index >= 15 is 0 Å². The van der Waals surface area contributed by atoms with Crippen LogP contribution >= 0.6 is 0 Å². The summed E-state index contributed by atoms with van der Waals surface area (Å²) in [6.45, 7) is 5.59. The number of hydrogen-bond donors (Lipinski definition) is 2. The molecule has 2 fully saturated rings. The van der Waals surface area contributed by atoms with Crippen LogP contribution in [0.15, 0.2) is 12.4 Å². The fraction of sp³-hybridized carbons (Fsp3) is 0.550. The first kappa shape index (κ1) is 19.4. The Kier molecular flexibility index (Phi) is 5.21. The number of aromatic nitrogens is 4. The summed E-state index contributed by atoms with van der Waals surface area (Å²) in [6, 6.07) is 2.78. The summed E-state index contributed by atoms with van der Waals surface area (Å²) in [7, 11) is 3.43. The zero-order valence-electron chi connectivity index (χ0n) is 17.4. The second kappa shape index (κ2) is 7.81. The summed E-state index contributed by atoms with van der Waals surface area (Å²) in [4.78, 5) is 33.7. The van der Waals surface area contributed by atoms with E-state index in [2.05, 4.69) is 35.5 Å². The molecule has 0 aromatic carbocycles. The Bertz CT molecular complexity index is 911. The van der Waals surface area contributed by atoms with Crippen LogP contribution in [0.25, 0.3) is 0 Å². The van der Waals surface area contributed by atoms with Crippen molar-refractivity contribution < 1.29 is 4.79 Å². The van der Waals surface area contributed by atoms with Crippen molar-refractivity contribution in [2.24, 2.45) is 0 Å². The van der Waals surface area contributed by atoms with Gasteiger partial charge in [0.25, 0.3) is 5.91 Å². The third-order valence-corrected chi connectivity index (χ3v) is 5.40. The quantitative estimate of drug-likeness (QED) is 0.763. The van der Waals surface area contributed by atoms with Crippen molar-refractivity contribution in [2.45, 2.75) is 45.2 Å². The van der Waals surface area contributed by atoms with Gasteiger partial charge in [-0.25, -0.2) is 19.9 Å². The molecule has 2 aromatic rings. The Morgan fingerprint density at radius 3 is 2.41 bits per heavy atom. The number of rotatable bonds is 6. The van der Waals surface area contributed by atoms with Crippen LogP contribution in [-0.2, 0) is 0 Å². The third-order valence-electron chi connectivity index (χ3n) is 5.40. The molecule has 1 saturated heterocycles. The van der Waals surface area contributed by atoms with Gasteiger partial charge in [0.2, 0.25) is 5.82 Å². The molecular weight excluding hydrogens is 368 g/mol. The van der Waals surface area contributed by atoms with Gasteiger partial charge in [-0.2, -0.15) is 0 Å². The topological polar surface area (TPSA) is 99.2 Å². The van der Waals surface area contributed by atoms with E-state index in [9.17, 15) is 4.79 Å². The molecule has 0 spiro atoms. The summed E-state index contributed by atoms with van der Waals surface area (Å²) in [5.74, 6) is 2.60. The van der Waals surface area contributed by atoms with Crippen molar-refractivity contribution in [2.75, 3.05) is 42.7 Å². The van der Waals surface area contributed by atoms with Gasteiger partial charge in [0.05, 0.1) is 0 Å². The Balaban J connectivity index is 1.46. The van der Waals surface area contributed by atoms with Crippen LogP contribution in [0.4, 0.5) is 17.5 Å². The zero-order valence-corrected chi connectivity index (χ0v) is 17.4. The summed E-state index contributed by atoms with van der Waals surface area (Å²) < 4.78 is 0. The lowest BCUT2D eigenvalue weighted by Crippen LogP contribution is -2.30. The van der Waals surface area contributed by atoms with Crippen LogP contribution in [0.1, 0.15) is 41.1 Å². The van der Waals surface area contributed by atoms with Crippen molar-refractivity contribution in [1.82, 2.24) is 24.8 Å². The van der Waals surface area contributed by atoms with E-state index in [4.69, 9.17) is 0 Å². The predicted molar refractivity (Wildman–Crippen MR) is 112 cm³/mol. The Hall–Kier alpha value is -2.97. The van der Waals surface area contributed by atoms with E-state index in [0.29, 0.717) is 6.04 Å². The number of aryl methyl sites for hydroxylation is 1. The Morgan fingerprint density at radius 2 is 1.76 bits per heavy atom. The monoisotopic (exact) mass is 396 g/mol. The largest absolute Gasteiger partial charge is 0.367 e. The zero-order chi connectivity index (χ0) is 20.5. The second-order valence-corrected chi connectivity index (χ2v) is 8.06. The Morgan fingerprint density at radius 1 is 1.07 bits per heavy atom. The molecule has 2 aliphatic rings. The minimum Gasteiger partial charge on any atom is -0.367 e. The molecule has 9 heteroatoms. The number of nitrogens with zero attached hydrogens (tertiary/aromatic N) is 6. The third kappa shape index (κ3) is 4.38. The van der Waals surface area contributed by atoms with E-state index in [-0.39, 0.29) is 17.8 Å². The van der Waals surface area contributed by atoms with Gasteiger partial charge in [-0.05, 0) is 33.1 Å². The number of anilines is 3. The van der Waals surface area contributed by atoms with Crippen LogP contribution in [0.3, 0.4) is 0 Å². The summed E-state index contributed by atoms with van der Waals surface area (Å²) in [5.41, 5.74) is 1.85. The van der Waals surface area contributed by atoms with Crippen LogP contribution in [-0.4, -0.2) is 70.0 Å². The molecule has 2 aromatic heterocycles. The van der Waals surface area contributed by atoms with Crippen molar-refractivity contribution in [1.29, 1.82) is 0 Å². The van der Waals surface area contributed by atoms with Gasteiger partial charge in [0.15, 0.2) is 0 Å². The fourth-order valence-corrected chi connectivity index (χ4v) is 3.45. The molecule has 1 saturated carbocycles. The smallest absolute Gasteiger partial charge is 0.291 e. The van der Waals surface area contributed by atoms with Crippen LogP contribution < -0.4 is 15.5 Å². The summed E-state index contributed by atoms with van der Waals surface area (Å²) >= 11 is 0. The van der Waals surface area contributed by atoms with Gasteiger partial charge >= 0.3 is 0 Å².